The molecule has 0 aliphatic heterocycles. The van der Waals surface area contributed by atoms with Gasteiger partial charge < -0.3 is 4.74 Å². The van der Waals surface area contributed by atoms with Gasteiger partial charge >= 0.3 is 5.97 Å². The molecule has 2 aliphatic carbocycles. The number of hydrogen-bond donors (Lipinski definition) is 0. The Hall–Kier alpha value is -1.97. The lowest BCUT2D eigenvalue weighted by atomic mass is 9.90. The van der Waals surface area contributed by atoms with E-state index in [0.29, 0.717) is 30.1 Å². The zero-order valence-corrected chi connectivity index (χ0v) is 13.9. The average Bonchev–Trinajstić information content (AvgIpc) is 3.12. The Morgan fingerprint density at radius 3 is 2.67 bits per heavy atom. The largest absolute Gasteiger partial charge is 0.469 e. The van der Waals surface area contributed by atoms with Gasteiger partial charge in [0.25, 0.3) is 0 Å². The highest BCUT2D eigenvalue weighted by molar-refractivity contribution is 5.82. The van der Waals surface area contributed by atoms with Crippen LogP contribution in [0.2, 0.25) is 0 Å². The molecule has 3 nitrogen and oxygen atoms in total. The second-order valence-electron chi connectivity index (χ2n) is 7.37. The number of carbonyl (C=O) groups excluding carboxylic acids is 1. The number of nitrogens with zero attached hydrogens (tertiary/aromatic N) is 1. The standard InChI is InChI=1S/C20H22FNO2/c1-24-20(23)8-12-6-13-9-15(10-14(13)7-12)17-4-5-22-19-3-2-16(21)11-18(17)19/h2-5,11-15H,6-10H2,1H3/t12?,13-,14?,15?/m0/s1. The minimum absolute atomic E-state index is 0.0906. The summed E-state index contributed by atoms with van der Waals surface area (Å²) in [7, 11) is 1.46. The van der Waals surface area contributed by atoms with Crippen LogP contribution in [0.4, 0.5) is 4.39 Å². The first-order valence-electron chi connectivity index (χ1n) is 8.75. The van der Waals surface area contributed by atoms with Crippen LogP contribution in [0.25, 0.3) is 10.9 Å². The summed E-state index contributed by atoms with van der Waals surface area (Å²) in [6.45, 7) is 0. The van der Waals surface area contributed by atoms with E-state index in [2.05, 4.69) is 11.1 Å². The lowest BCUT2D eigenvalue weighted by molar-refractivity contribution is -0.141. The van der Waals surface area contributed by atoms with Crippen molar-refractivity contribution in [1.29, 1.82) is 0 Å². The Balaban J connectivity index is 1.52. The van der Waals surface area contributed by atoms with Crippen LogP contribution in [-0.2, 0) is 9.53 Å². The van der Waals surface area contributed by atoms with E-state index in [9.17, 15) is 9.18 Å². The van der Waals surface area contributed by atoms with E-state index in [1.54, 1.807) is 12.1 Å². The summed E-state index contributed by atoms with van der Waals surface area (Å²) in [4.78, 5) is 15.8. The Bertz CT molecular complexity index is 761. The molecule has 3 unspecified atom stereocenters. The molecular formula is C20H22FNO2. The SMILES string of the molecule is COC(=O)CC1CC2CC(c3ccnc4ccc(F)cc34)C[C@@H]2C1. The summed E-state index contributed by atoms with van der Waals surface area (Å²) in [5.74, 6) is 2.02. The van der Waals surface area contributed by atoms with Crippen LogP contribution >= 0.6 is 0 Å². The first-order chi connectivity index (χ1) is 11.6. The van der Waals surface area contributed by atoms with Gasteiger partial charge in [-0.25, -0.2) is 4.39 Å². The molecular weight excluding hydrogens is 305 g/mol. The summed E-state index contributed by atoms with van der Waals surface area (Å²) in [5, 5.41) is 0.952. The Morgan fingerprint density at radius 2 is 1.96 bits per heavy atom. The molecule has 4 heteroatoms. The normalized spacial score (nSPS) is 28.9. The average molecular weight is 327 g/mol. The molecule has 24 heavy (non-hydrogen) atoms. The fourth-order valence-electron chi connectivity index (χ4n) is 4.98. The third-order valence-corrected chi connectivity index (χ3v) is 5.97. The number of ether oxygens (including phenoxy) is 1. The van der Waals surface area contributed by atoms with E-state index in [4.69, 9.17) is 4.74 Å². The van der Waals surface area contributed by atoms with Crippen LogP contribution < -0.4 is 0 Å². The zero-order valence-electron chi connectivity index (χ0n) is 13.9. The molecule has 1 aromatic heterocycles. The number of esters is 1. The molecule has 0 spiro atoms. The van der Waals surface area contributed by atoms with E-state index in [-0.39, 0.29) is 11.8 Å². The molecule has 0 radical (unpaired) electrons. The smallest absolute Gasteiger partial charge is 0.305 e. The lowest BCUT2D eigenvalue weighted by Crippen LogP contribution is -2.08. The van der Waals surface area contributed by atoms with E-state index in [0.717, 1.165) is 36.6 Å². The number of hydrogen-bond acceptors (Lipinski definition) is 3. The quantitative estimate of drug-likeness (QED) is 0.782. The number of aromatic nitrogens is 1. The number of benzene rings is 1. The number of carbonyl (C=O) groups is 1. The Kier molecular flexibility index (Phi) is 3.99. The van der Waals surface area contributed by atoms with Gasteiger partial charge in [-0.2, -0.15) is 0 Å². The van der Waals surface area contributed by atoms with E-state index >= 15 is 0 Å². The van der Waals surface area contributed by atoms with Crippen LogP contribution in [0.1, 0.15) is 43.6 Å². The highest BCUT2D eigenvalue weighted by Crippen LogP contribution is 2.53. The van der Waals surface area contributed by atoms with Gasteiger partial charge in [-0.15, -0.1) is 0 Å². The highest BCUT2D eigenvalue weighted by Gasteiger charge is 2.42. The van der Waals surface area contributed by atoms with Gasteiger partial charge in [0.2, 0.25) is 0 Å². The van der Waals surface area contributed by atoms with Crippen molar-refractivity contribution < 1.29 is 13.9 Å². The summed E-state index contributed by atoms with van der Waals surface area (Å²) < 4.78 is 18.5. The molecule has 2 aromatic rings. The molecule has 0 amide bonds. The maximum absolute atomic E-state index is 13.7. The number of fused-ring (bicyclic) bond motifs is 2. The molecule has 2 fully saturated rings. The van der Waals surface area contributed by atoms with Gasteiger partial charge in [-0.05, 0) is 79.2 Å². The van der Waals surface area contributed by atoms with Crippen LogP contribution in [-0.4, -0.2) is 18.1 Å². The summed E-state index contributed by atoms with van der Waals surface area (Å²) in [5.41, 5.74) is 2.10. The third-order valence-electron chi connectivity index (χ3n) is 5.97. The molecule has 1 aromatic carbocycles. The lowest BCUT2D eigenvalue weighted by Gasteiger charge is -2.16. The van der Waals surface area contributed by atoms with Crippen molar-refractivity contribution in [1.82, 2.24) is 4.98 Å². The summed E-state index contributed by atoms with van der Waals surface area (Å²) in [6, 6.07) is 6.90. The van der Waals surface area contributed by atoms with E-state index < -0.39 is 0 Å². The molecule has 1 heterocycles. The van der Waals surface area contributed by atoms with Gasteiger partial charge in [0, 0.05) is 18.0 Å². The molecule has 0 saturated heterocycles. The van der Waals surface area contributed by atoms with Crippen molar-refractivity contribution in [2.45, 2.75) is 38.0 Å². The molecule has 4 rings (SSSR count). The van der Waals surface area contributed by atoms with Gasteiger partial charge in [0.05, 0.1) is 12.6 Å². The van der Waals surface area contributed by atoms with Crippen LogP contribution in [0, 0.1) is 23.6 Å². The fourth-order valence-corrected chi connectivity index (χ4v) is 4.98. The second kappa shape index (κ2) is 6.15. The van der Waals surface area contributed by atoms with Crippen molar-refractivity contribution in [3.05, 3.63) is 41.8 Å². The minimum Gasteiger partial charge on any atom is -0.469 e. The first-order valence-corrected chi connectivity index (χ1v) is 8.75. The van der Waals surface area contributed by atoms with Gasteiger partial charge in [-0.1, -0.05) is 0 Å². The maximum Gasteiger partial charge on any atom is 0.305 e. The van der Waals surface area contributed by atoms with Crippen LogP contribution in [0.15, 0.2) is 30.5 Å². The monoisotopic (exact) mass is 327 g/mol. The van der Waals surface area contributed by atoms with Gasteiger partial charge in [0.15, 0.2) is 0 Å². The maximum atomic E-state index is 13.7. The van der Waals surface area contributed by atoms with Gasteiger partial charge in [0.1, 0.15) is 5.82 Å². The number of halogens is 1. The topological polar surface area (TPSA) is 39.2 Å². The van der Waals surface area contributed by atoms with E-state index in [1.165, 1.54) is 18.7 Å². The predicted octanol–water partition coefficient (Wildman–Crippen LogP) is 4.46. The van der Waals surface area contributed by atoms with Crippen LogP contribution in [0.3, 0.4) is 0 Å². The Morgan fingerprint density at radius 1 is 1.21 bits per heavy atom. The van der Waals surface area contributed by atoms with Crippen molar-refractivity contribution in [3.63, 3.8) is 0 Å². The second-order valence-corrected chi connectivity index (χ2v) is 7.37. The Labute approximate surface area is 141 Å². The molecule has 126 valence electrons. The molecule has 2 aliphatic rings. The molecule has 0 N–H and O–H groups in total. The number of rotatable bonds is 3. The molecule has 2 saturated carbocycles. The summed E-state index contributed by atoms with van der Waals surface area (Å²) in [6.07, 6.45) is 6.90. The molecule has 4 atom stereocenters. The van der Waals surface area contributed by atoms with Crippen molar-refractivity contribution in [2.75, 3.05) is 7.11 Å². The van der Waals surface area contributed by atoms with Crippen LogP contribution in [0.5, 0.6) is 0 Å². The molecule has 0 bridgehead atoms. The zero-order chi connectivity index (χ0) is 16.7. The van der Waals surface area contributed by atoms with Crippen molar-refractivity contribution in [2.24, 2.45) is 17.8 Å². The number of methoxy groups -OCH3 is 1. The number of pyridine rings is 1. The predicted molar refractivity (Wildman–Crippen MR) is 90.0 cm³/mol. The highest BCUT2D eigenvalue weighted by atomic mass is 19.1. The third kappa shape index (κ3) is 2.79. The summed E-state index contributed by atoms with van der Waals surface area (Å²) >= 11 is 0. The van der Waals surface area contributed by atoms with Crippen molar-refractivity contribution in [3.8, 4) is 0 Å². The van der Waals surface area contributed by atoms with Gasteiger partial charge in [-0.3, -0.25) is 9.78 Å². The van der Waals surface area contributed by atoms with Crippen molar-refractivity contribution >= 4 is 16.9 Å². The fraction of sp³-hybridized carbons (Fsp3) is 0.500. The minimum atomic E-state index is -0.201. The van der Waals surface area contributed by atoms with E-state index in [1.807, 2.05) is 6.20 Å². The first kappa shape index (κ1) is 15.6.